The second-order valence-electron chi connectivity index (χ2n) is 13.3. The van der Waals surface area contributed by atoms with Crippen molar-refractivity contribution in [1.29, 1.82) is 0 Å². The minimum Gasteiger partial charge on any atom is -0.368 e. The fourth-order valence-electron chi connectivity index (χ4n) is 5.80. The van der Waals surface area contributed by atoms with Crippen LogP contribution in [-0.4, -0.2) is 102 Å². The van der Waals surface area contributed by atoms with Gasteiger partial charge < -0.3 is 37.2 Å². The average Bonchev–Trinajstić information content (AvgIpc) is 3.56. The zero-order chi connectivity index (χ0) is 38.2. The number of nitrogens with one attached hydrogen (secondary N) is 5. The maximum absolute atomic E-state index is 14.0. The van der Waals surface area contributed by atoms with Crippen LogP contribution in [0.1, 0.15) is 50.7 Å². The van der Waals surface area contributed by atoms with Crippen LogP contribution in [0.15, 0.2) is 60.7 Å². The minimum atomic E-state index is -1.14. The molecule has 2 aromatic rings. The first kappa shape index (κ1) is 41.5. The van der Waals surface area contributed by atoms with E-state index < -0.39 is 72.2 Å². The summed E-state index contributed by atoms with van der Waals surface area (Å²) in [6.45, 7) is 3.26. The van der Waals surface area contributed by atoms with E-state index in [9.17, 15) is 33.6 Å². The second-order valence-corrected chi connectivity index (χ2v) is 14.3. The van der Waals surface area contributed by atoms with Crippen molar-refractivity contribution in [3.63, 3.8) is 0 Å². The summed E-state index contributed by atoms with van der Waals surface area (Å²) in [5.74, 6) is -3.19. The highest BCUT2D eigenvalue weighted by Gasteiger charge is 2.36. The van der Waals surface area contributed by atoms with Crippen LogP contribution in [0.25, 0.3) is 0 Å². The third-order valence-corrected chi connectivity index (χ3v) is 9.30. The molecule has 52 heavy (non-hydrogen) atoms. The van der Waals surface area contributed by atoms with Gasteiger partial charge in [-0.15, -0.1) is 0 Å². The molecule has 5 atom stereocenters. The monoisotopic (exact) mass is 737 g/mol. The summed E-state index contributed by atoms with van der Waals surface area (Å²) in [4.78, 5) is 92.4. The fraction of sp³-hybridized carbons (Fsp3) is 0.486. The van der Waals surface area contributed by atoms with Crippen LogP contribution in [0.4, 0.5) is 0 Å². The van der Waals surface area contributed by atoms with Gasteiger partial charge in [-0.25, -0.2) is 0 Å². The molecular weight excluding hydrogens is 687 g/mol. The molecule has 2 aromatic carbocycles. The molecular formula is C37H51N7O7S. The molecule has 0 spiro atoms. The van der Waals surface area contributed by atoms with Crippen LogP contribution in [0.3, 0.4) is 0 Å². The number of hydrogen-bond donors (Lipinski definition) is 6. The molecule has 1 fully saturated rings. The van der Waals surface area contributed by atoms with E-state index >= 15 is 0 Å². The van der Waals surface area contributed by atoms with Crippen molar-refractivity contribution in [2.24, 2.45) is 11.7 Å². The SMILES string of the molecule is CSCC[C@H](NC(=O)[C@H](CC(C)C)NC(=O)CNC(=O)[C@H](Cc1ccccc1)NC(=O)[C@H](Cc1ccccc1)N(C)C(=O)[C@@H]1CCC(=O)N1)C(N)=O. The zero-order valence-electron chi connectivity index (χ0n) is 30.2. The molecule has 282 valence electrons. The van der Waals surface area contributed by atoms with Crippen molar-refractivity contribution in [3.05, 3.63) is 71.8 Å². The van der Waals surface area contributed by atoms with Crippen LogP contribution in [-0.2, 0) is 46.4 Å². The molecule has 0 aliphatic carbocycles. The molecule has 3 rings (SSSR count). The quantitative estimate of drug-likeness (QED) is 0.112. The Bertz CT molecular complexity index is 1540. The number of carbonyl (C=O) groups excluding carboxylic acids is 7. The normalized spacial score (nSPS) is 16.1. The van der Waals surface area contributed by atoms with Gasteiger partial charge in [0.1, 0.15) is 30.2 Å². The zero-order valence-corrected chi connectivity index (χ0v) is 31.0. The van der Waals surface area contributed by atoms with Gasteiger partial charge >= 0.3 is 0 Å². The highest BCUT2D eigenvalue weighted by molar-refractivity contribution is 7.98. The standard InChI is InChI=1S/C37H51N7O7S/c1-23(2)19-28(35(49)42-26(33(38)47)17-18-52-4)41-32(46)22-39-34(48)29(20-24-11-7-5-8-12-24)43-36(50)30(21-25-13-9-6-10-14-25)44(3)37(51)27-15-16-31(45)40-27/h5-14,23,26-30H,15-22H2,1-4H3,(H2,38,47)(H,39,48)(H,40,45)(H,41,46)(H,42,49)(H,43,50)/t26-,27-,28-,29-,30-/m0/s1. The molecule has 1 saturated heterocycles. The average molecular weight is 738 g/mol. The highest BCUT2D eigenvalue weighted by atomic mass is 32.2. The molecule has 0 unspecified atom stereocenters. The van der Waals surface area contributed by atoms with Gasteiger partial charge in [0, 0.05) is 26.3 Å². The van der Waals surface area contributed by atoms with Crippen LogP contribution < -0.4 is 32.3 Å². The molecule has 1 heterocycles. The number of amides is 7. The lowest BCUT2D eigenvalue weighted by Gasteiger charge is -2.31. The fourth-order valence-corrected chi connectivity index (χ4v) is 6.27. The minimum absolute atomic E-state index is 0.00751. The van der Waals surface area contributed by atoms with E-state index in [1.54, 1.807) is 24.3 Å². The van der Waals surface area contributed by atoms with Gasteiger partial charge in [0.2, 0.25) is 41.4 Å². The van der Waals surface area contributed by atoms with Crippen molar-refractivity contribution in [3.8, 4) is 0 Å². The van der Waals surface area contributed by atoms with Gasteiger partial charge in [-0.05, 0) is 48.3 Å². The number of nitrogens with two attached hydrogens (primary N) is 1. The van der Waals surface area contributed by atoms with E-state index in [0.717, 1.165) is 11.1 Å². The Kier molecular flexibility index (Phi) is 16.6. The maximum Gasteiger partial charge on any atom is 0.245 e. The van der Waals surface area contributed by atoms with E-state index in [-0.39, 0.29) is 37.5 Å². The van der Waals surface area contributed by atoms with Crippen molar-refractivity contribution in [1.82, 2.24) is 31.5 Å². The third-order valence-electron chi connectivity index (χ3n) is 8.65. The lowest BCUT2D eigenvalue weighted by atomic mass is 10.0. The van der Waals surface area contributed by atoms with Crippen molar-refractivity contribution in [2.75, 3.05) is 25.6 Å². The molecule has 15 heteroatoms. The summed E-state index contributed by atoms with van der Waals surface area (Å²) >= 11 is 1.50. The molecule has 0 saturated carbocycles. The number of hydrogen-bond acceptors (Lipinski definition) is 8. The van der Waals surface area contributed by atoms with E-state index in [1.807, 2.05) is 56.5 Å². The van der Waals surface area contributed by atoms with Crippen LogP contribution in [0.2, 0.25) is 0 Å². The van der Waals surface area contributed by atoms with Crippen LogP contribution in [0, 0.1) is 5.92 Å². The smallest absolute Gasteiger partial charge is 0.245 e. The van der Waals surface area contributed by atoms with Crippen LogP contribution in [0.5, 0.6) is 0 Å². The molecule has 1 aliphatic rings. The lowest BCUT2D eigenvalue weighted by Crippen LogP contribution is -2.58. The molecule has 7 amide bonds. The predicted octanol–water partition coefficient (Wildman–Crippen LogP) is 0.433. The first-order chi connectivity index (χ1) is 24.8. The number of primary amides is 1. The Morgan fingerprint density at radius 3 is 1.98 bits per heavy atom. The molecule has 0 radical (unpaired) electrons. The van der Waals surface area contributed by atoms with Crippen molar-refractivity contribution in [2.45, 2.75) is 82.6 Å². The molecule has 0 bridgehead atoms. The summed E-state index contributed by atoms with van der Waals surface area (Å²) in [5.41, 5.74) is 7.01. The van der Waals surface area contributed by atoms with Crippen LogP contribution >= 0.6 is 11.8 Å². The summed E-state index contributed by atoms with van der Waals surface area (Å²) in [6.07, 6.45) is 3.22. The maximum atomic E-state index is 14.0. The number of thioether (sulfide) groups is 1. The second kappa shape index (κ2) is 20.8. The summed E-state index contributed by atoms with van der Waals surface area (Å²) in [5, 5.41) is 13.3. The Hall–Kier alpha value is -4.92. The number of nitrogens with zero attached hydrogens (tertiary/aromatic N) is 1. The van der Waals surface area contributed by atoms with E-state index in [2.05, 4.69) is 26.6 Å². The third kappa shape index (κ3) is 13.3. The van der Waals surface area contributed by atoms with Crippen molar-refractivity contribution < 1.29 is 33.6 Å². The Morgan fingerprint density at radius 2 is 1.44 bits per heavy atom. The molecule has 1 aliphatic heterocycles. The number of benzene rings is 2. The van der Waals surface area contributed by atoms with Gasteiger partial charge in [0.25, 0.3) is 0 Å². The van der Waals surface area contributed by atoms with E-state index in [0.29, 0.717) is 18.6 Å². The molecule has 14 nitrogen and oxygen atoms in total. The number of rotatable bonds is 20. The predicted molar refractivity (Wildman–Crippen MR) is 198 cm³/mol. The summed E-state index contributed by atoms with van der Waals surface area (Å²) in [6, 6.07) is 13.3. The van der Waals surface area contributed by atoms with E-state index in [4.69, 9.17) is 5.73 Å². The highest BCUT2D eigenvalue weighted by Crippen LogP contribution is 2.15. The number of likely N-dealkylation sites (N-methyl/N-ethyl adjacent to an activating group) is 1. The summed E-state index contributed by atoms with van der Waals surface area (Å²) < 4.78 is 0. The van der Waals surface area contributed by atoms with Crippen molar-refractivity contribution >= 4 is 53.1 Å². The van der Waals surface area contributed by atoms with E-state index in [1.165, 1.54) is 23.7 Å². The van der Waals surface area contributed by atoms with Gasteiger partial charge in [-0.3, -0.25) is 33.6 Å². The lowest BCUT2D eigenvalue weighted by molar-refractivity contribution is -0.141. The van der Waals surface area contributed by atoms with Gasteiger partial charge in [0.05, 0.1) is 6.54 Å². The van der Waals surface area contributed by atoms with Gasteiger partial charge in [-0.2, -0.15) is 11.8 Å². The first-order valence-corrected chi connectivity index (χ1v) is 18.8. The Morgan fingerprint density at radius 1 is 0.846 bits per heavy atom. The first-order valence-electron chi connectivity index (χ1n) is 17.4. The number of carbonyl (C=O) groups is 7. The Balaban J connectivity index is 1.76. The van der Waals surface area contributed by atoms with Gasteiger partial charge in [0.15, 0.2) is 0 Å². The van der Waals surface area contributed by atoms with Gasteiger partial charge in [-0.1, -0.05) is 74.5 Å². The molecule has 7 N–H and O–H groups in total. The summed E-state index contributed by atoms with van der Waals surface area (Å²) in [7, 11) is 1.49. The Labute approximate surface area is 309 Å². The largest absolute Gasteiger partial charge is 0.368 e. The topological polar surface area (TPSA) is 209 Å². The molecule has 0 aromatic heterocycles.